The van der Waals surface area contributed by atoms with Crippen LogP contribution in [0.1, 0.15) is 19.4 Å². The van der Waals surface area contributed by atoms with E-state index < -0.39 is 15.6 Å². The van der Waals surface area contributed by atoms with Crippen LogP contribution >= 0.6 is 0 Å². The second-order valence-corrected chi connectivity index (χ2v) is 4.89. The van der Waals surface area contributed by atoms with Crippen molar-refractivity contribution >= 4 is 15.8 Å². The summed E-state index contributed by atoms with van der Waals surface area (Å²) < 4.78 is 55.9. The van der Waals surface area contributed by atoms with E-state index in [4.69, 9.17) is 0 Å². The van der Waals surface area contributed by atoms with Gasteiger partial charge < -0.3 is 5.32 Å². The highest BCUT2D eigenvalue weighted by Gasteiger charge is 2.46. The molecule has 0 heterocycles. The van der Waals surface area contributed by atoms with E-state index in [0.29, 0.717) is 7.11 Å². The van der Waals surface area contributed by atoms with E-state index in [1.807, 2.05) is 20.9 Å². The third kappa shape index (κ3) is 8.00. The van der Waals surface area contributed by atoms with Crippen molar-refractivity contribution in [1.82, 2.24) is 0 Å². The van der Waals surface area contributed by atoms with Gasteiger partial charge in [0.2, 0.25) is 0 Å². The lowest BCUT2D eigenvalue weighted by Gasteiger charge is -2.02. The summed E-state index contributed by atoms with van der Waals surface area (Å²) >= 11 is 0. The molecule has 0 saturated heterocycles. The Bertz CT molecular complexity index is 456. The van der Waals surface area contributed by atoms with Crippen LogP contribution in [0.3, 0.4) is 0 Å². The number of nitrogens with one attached hydrogen (secondary N) is 1. The minimum atomic E-state index is -5.34. The van der Waals surface area contributed by atoms with Crippen LogP contribution in [0.4, 0.5) is 18.9 Å². The van der Waals surface area contributed by atoms with Gasteiger partial charge in [-0.15, -0.1) is 0 Å². The first-order valence-corrected chi connectivity index (χ1v) is 7.16. The van der Waals surface area contributed by atoms with Crippen LogP contribution < -0.4 is 5.32 Å². The Morgan fingerprint density at radius 1 is 1.10 bits per heavy atom. The zero-order chi connectivity index (χ0) is 16.4. The number of benzene rings is 1. The molecule has 0 aromatic heterocycles. The summed E-state index contributed by atoms with van der Waals surface area (Å²) in [5.41, 5.74) is -2.84. The minimum absolute atomic E-state index is 0.447. The molecule has 1 N–H and O–H groups in total. The molecule has 4 nitrogen and oxygen atoms in total. The molecule has 0 atom stereocenters. The Kier molecular flexibility index (Phi) is 10.1. The van der Waals surface area contributed by atoms with Crippen LogP contribution in [0.25, 0.3) is 0 Å². The van der Waals surface area contributed by atoms with Crippen molar-refractivity contribution in [2.75, 3.05) is 19.5 Å². The van der Waals surface area contributed by atoms with Gasteiger partial charge >= 0.3 is 15.6 Å². The van der Waals surface area contributed by atoms with Crippen molar-refractivity contribution in [3.63, 3.8) is 0 Å². The van der Waals surface area contributed by atoms with Gasteiger partial charge in [0.25, 0.3) is 0 Å². The van der Waals surface area contributed by atoms with Crippen molar-refractivity contribution < 1.29 is 25.8 Å². The van der Waals surface area contributed by atoms with Gasteiger partial charge in [0, 0.05) is 12.7 Å². The molecule has 118 valence electrons. The van der Waals surface area contributed by atoms with Gasteiger partial charge in [0.05, 0.1) is 7.11 Å². The number of hydrogen-bond donors (Lipinski definition) is 1. The first-order valence-electron chi connectivity index (χ1n) is 5.75. The average Bonchev–Trinajstić information content (AvgIpc) is 2.41. The summed E-state index contributed by atoms with van der Waals surface area (Å²) in [4.78, 5) is 0. The standard InChI is InChI=1S/C8H11N.C2H3F3O3S.C2H6/c1-7-3-5-8(9-2)6-4-7;1-8-9(6,7)2(3,4)5;1-2/h3-6,9H,1-2H3;1H3;1-2H3. The molecule has 0 spiro atoms. The molecule has 0 saturated carbocycles. The number of aryl methyl sites for hydroxylation is 1. The van der Waals surface area contributed by atoms with Crippen molar-refractivity contribution in [3.05, 3.63) is 29.8 Å². The van der Waals surface area contributed by atoms with Crippen LogP contribution in [0, 0.1) is 6.92 Å². The van der Waals surface area contributed by atoms with Gasteiger partial charge in [-0.05, 0) is 19.1 Å². The fourth-order valence-electron chi connectivity index (χ4n) is 0.815. The van der Waals surface area contributed by atoms with Crippen molar-refractivity contribution in [1.29, 1.82) is 0 Å². The largest absolute Gasteiger partial charge is 0.523 e. The quantitative estimate of drug-likeness (QED) is 0.670. The van der Waals surface area contributed by atoms with Gasteiger partial charge in [-0.3, -0.25) is 4.18 Å². The number of rotatable bonds is 2. The predicted molar refractivity (Wildman–Crippen MR) is 74.1 cm³/mol. The van der Waals surface area contributed by atoms with Gasteiger partial charge in [0.15, 0.2) is 0 Å². The van der Waals surface area contributed by atoms with Crippen molar-refractivity contribution in [2.24, 2.45) is 0 Å². The maximum atomic E-state index is 11.1. The van der Waals surface area contributed by atoms with Gasteiger partial charge in [0.1, 0.15) is 0 Å². The molecule has 0 aliphatic heterocycles. The average molecular weight is 315 g/mol. The van der Waals surface area contributed by atoms with Crippen molar-refractivity contribution in [2.45, 2.75) is 26.3 Å². The van der Waals surface area contributed by atoms with Gasteiger partial charge in [-0.1, -0.05) is 31.5 Å². The molecule has 8 heteroatoms. The fraction of sp³-hybridized carbons (Fsp3) is 0.500. The highest BCUT2D eigenvalue weighted by molar-refractivity contribution is 7.87. The highest BCUT2D eigenvalue weighted by atomic mass is 32.2. The smallest absolute Gasteiger partial charge is 0.388 e. The summed E-state index contributed by atoms with van der Waals surface area (Å²) in [5.74, 6) is 0. The molecule has 1 rings (SSSR count). The first-order chi connectivity index (χ1) is 9.14. The van der Waals surface area contributed by atoms with E-state index in [0.717, 1.165) is 0 Å². The lowest BCUT2D eigenvalue weighted by atomic mass is 10.2. The molecule has 0 aliphatic carbocycles. The molecule has 0 amide bonds. The second kappa shape index (κ2) is 9.60. The van der Waals surface area contributed by atoms with Gasteiger partial charge in [-0.25, -0.2) is 0 Å². The molecule has 0 bridgehead atoms. The molecule has 0 aliphatic rings. The summed E-state index contributed by atoms with van der Waals surface area (Å²) in [5, 5.41) is 3.05. The number of alkyl halides is 3. The molecule has 0 fully saturated rings. The Labute approximate surface area is 118 Å². The summed E-state index contributed by atoms with van der Waals surface area (Å²) in [7, 11) is -2.97. The van der Waals surface area contributed by atoms with Crippen LogP contribution in [0.5, 0.6) is 0 Å². The Morgan fingerprint density at radius 3 is 1.70 bits per heavy atom. The summed E-state index contributed by atoms with van der Waals surface area (Å²) in [6.07, 6.45) is 0. The highest BCUT2D eigenvalue weighted by Crippen LogP contribution is 2.23. The van der Waals surface area contributed by atoms with E-state index >= 15 is 0 Å². The van der Waals surface area contributed by atoms with Crippen LogP contribution in [0.15, 0.2) is 24.3 Å². The molecule has 0 radical (unpaired) electrons. The topological polar surface area (TPSA) is 55.4 Å². The van der Waals surface area contributed by atoms with Crippen LogP contribution in [-0.4, -0.2) is 28.1 Å². The number of anilines is 1. The predicted octanol–water partition coefficient (Wildman–Crippen LogP) is 3.55. The van der Waals surface area contributed by atoms with E-state index in [1.54, 1.807) is 0 Å². The zero-order valence-corrected chi connectivity index (χ0v) is 12.9. The van der Waals surface area contributed by atoms with Crippen molar-refractivity contribution in [3.8, 4) is 0 Å². The second-order valence-electron chi connectivity index (χ2n) is 3.18. The van der Waals surface area contributed by atoms with Crippen LogP contribution in [0.2, 0.25) is 0 Å². The maximum absolute atomic E-state index is 11.1. The summed E-state index contributed by atoms with van der Waals surface area (Å²) in [6, 6.07) is 8.31. The third-order valence-corrected chi connectivity index (χ3v) is 2.85. The SMILES string of the molecule is CC.CNc1ccc(C)cc1.COS(=O)(=O)C(F)(F)F. The van der Waals surface area contributed by atoms with Gasteiger partial charge in [-0.2, -0.15) is 21.6 Å². The molecular weight excluding hydrogens is 295 g/mol. The molecule has 20 heavy (non-hydrogen) atoms. The third-order valence-electron chi connectivity index (χ3n) is 1.84. The summed E-state index contributed by atoms with van der Waals surface area (Å²) in [6.45, 7) is 6.08. The Morgan fingerprint density at radius 2 is 1.50 bits per heavy atom. The number of hydrogen-bond acceptors (Lipinski definition) is 4. The first kappa shape index (κ1) is 21.0. The normalized spacial score (nSPS) is 10.6. The Balaban J connectivity index is 0. The fourth-order valence-corrected chi connectivity index (χ4v) is 1.00. The maximum Gasteiger partial charge on any atom is 0.523 e. The zero-order valence-electron chi connectivity index (χ0n) is 12.1. The Hall–Kier alpha value is -1.28. The lowest BCUT2D eigenvalue weighted by Crippen LogP contribution is -2.23. The van der Waals surface area contributed by atoms with E-state index in [9.17, 15) is 21.6 Å². The minimum Gasteiger partial charge on any atom is -0.388 e. The number of halogens is 3. The monoisotopic (exact) mass is 315 g/mol. The van der Waals surface area contributed by atoms with E-state index in [2.05, 4.69) is 40.7 Å². The van der Waals surface area contributed by atoms with Crippen LogP contribution in [-0.2, 0) is 14.3 Å². The molecule has 1 aromatic rings. The lowest BCUT2D eigenvalue weighted by molar-refractivity contribution is -0.0526. The molecular formula is C12H20F3NO3S. The molecule has 1 aromatic carbocycles. The van der Waals surface area contributed by atoms with E-state index in [-0.39, 0.29) is 0 Å². The van der Waals surface area contributed by atoms with E-state index in [1.165, 1.54) is 11.3 Å². The molecule has 0 unspecified atom stereocenters.